The van der Waals surface area contributed by atoms with E-state index in [0.717, 1.165) is 0 Å². The molecular formula is C10H14ClF2N2O14P3. The first-order valence-electron chi connectivity index (χ1n) is 7.77. The molecule has 2 rings (SSSR count). The summed E-state index contributed by atoms with van der Waals surface area (Å²) in [6, 6.07) is 0. The number of aliphatic hydroxyl groups excluding tert-OH is 1. The van der Waals surface area contributed by atoms with E-state index in [2.05, 4.69) is 13.1 Å². The minimum Gasteiger partial charge on any atom is -0.387 e. The van der Waals surface area contributed by atoms with E-state index in [0.29, 0.717) is 0 Å². The molecule has 0 amide bonds. The van der Waals surface area contributed by atoms with Gasteiger partial charge in [0.05, 0.1) is 18.7 Å². The van der Waals surface area contributed by atoms with Crippen molar-refractivity contribution in [1.29, 1.82) is 0 Å². The predicted molar refractivity (Wildman–Crippen MR) is 95.6 cm³/mol. The van der Waals surface area contributed by atoms with Gasteiger partial charge in [-0.05, 0) is 0 Å². The summed E-state index contributed by atoms with van der Waals surface area (Å²) in [6.45, 7) is -1.36. The van der Waals surface area contributed by atoms with Gasteiger partial charge in [-0.1, -0.05) is 0 Å². The number of aliphatic hydroxyl groups is 1. The average molecular weight is 553 g/mol. The van der Waals surface area contributed by atoms with Crippen LogP contribution in [0.5, 0.6) is 0 Å². The van der Waals surface area contributed by atoms with Gasteiger partial charge < -0.3 is 29.4 Å². The molecular weight excluding hydrogens is 538 g/mol. The lowest BCUT2D eigenvalue weighted by Gasteiger charge is -2.29. The molecule has 1 aromatic heterocycles. The zero-order valence-electron chi connectivity index (χ0n) is 15.1. The molecule has 1 aliphatic rings. The summed E-state index contributed by atoms with van der Waals surface area (Å²) >= 11 is 5.63. The van der Waals surface area contributed by atoms with Gasteiger partial charge in [0.25, 0.3) is 5.56 Å². The van der Waals surface area contributed by atoms with Crippen LogP contribution in [0, 0.1) is 5.82 Å². The molecule has 22 heteroatoms. The van der Waals surface area contributed by atoms with Crippen molar-refractivity contribution in [1.82, 2.24) is 9.55 Å². The van der Waals surface area contributed by atoms with Crippen molar-refractivity contribution < 1.29 is 65.0 Å². The Morgan fingerprint density at radius 3 is 2.31 bits per heavy atom. The molecule has 1 saturated heterocycles. The number of hydrogen-bond acceptors (Lipinski definition) is 10. The summed E-state index contributed by atoms with van der Waals surface area (Å²) in [4.78, 5) is 60.0. The van der Waals surface area contributed by atoms with Crippen molar-refractivity contribution >= 4 is 35.1 Å². The van der Waals surface area contributed by atoms with Crippen molar-refractivity contribution in [2.24, 2.45) is 0 Å². The number of alkyl halides is 2. The number of nitrogens with one attached hydrogen (secondary N) is 1. The molecule has 16 nitrogen and oxygen atoms in total. The van der Waals surface area contributed by atoms with E-state index in [4.69, 9.17) is 31.0 Å². The van der Waals surface area contributed by atoms with E-state index in [1.54, 1.807) is 0 Å². The summed E-state index contributed by atoms with van der Waals surface area (Å²) in [6.07, 6.45) is -6.70. The lowest BCUT2D eigenvalue weighted by molar-refractivity contribution is -0.113. The molecule has 184 valence electrons. The highest BCUT2D eigenvalue weighted by molar-refractivity contribution is 7.66. The molecule has 6 atom stereocenters. The summed E-state index contributed by atoms with van der Waals surface area (Å²) in [5.41, 5.74) is -5.23. The number of rotatable bonds is 9. The van der Waals surface area contributed by atoms with E-state index in [1.165, 1.54) is 4.98 Å². The Balaban J connectivity index is 2.25. The Morgan fingerprint density at radius 2 is 1.78 bits per heavy atom. The first kappa shape index (κ1) is 27.4. The summed E-state index contributed by atoms with van der Waals surface area (Å²) < 4.78 is 78.5. The van der Waals surface area contributed by atoms with E-state index in [-0.39, 0.29) is 10.8 Å². The van der Waals surface area contributed by atoms with Gasteiger partial charge in [-0.2, -0.15) is 13.0 Å². The van der Waals surface area contributed by atoms with Crippen molar-refractivity contribution in [3.63, 3.8) is 0 Å². The van der Waals surface area contributed by atoms with Gasteiger partial charge in [-0.15, -0.1) is 11.6 Å². The van der Waals surface area contributed by atoms with Gasteiger partial charge in [-0.3, -0.25) is 18.9 Å². The maximum atomic E-state index is 14.6. The Hall–Kier alpha value is -0.840. The lowest BCUT2D eigenvalue weighted by Crippen LogP contribution is -2.47. The number of phosphoric ester groups is 1. The van der Waals surface area contributed by atoms with Crippen LogP contribution in [0.3, 0.4) is 0 Å². The third kappa shape index (κ3) is 6.39. The van der Waals surface area contributed by atoms with Gasteiger partial charge in [0.2, 0.25) is 5.82 Å². The van der Waals surface area contributed by atoms with Crippen LogP contribution in [-0.4, -0.2) is 64.6 Å². The standard InChI is InChI=1S/C10H14ClF2N2O14P3/c11-2-10(3-26-31(22,23)29-32(24,25)28-30(19,20)21)6(16)5(13)8(27-10)15-1-4(12)7(17)14-9(15)18/h1,5-6,8,16H,2-3H2,(H,22,23)(H,24,25)(H,14,17,18)(H2,19,20,21)/t5-,6+,8-,10-/m1/s1. The SMILES string of the molecule is O=c1[nH]c(=O)n([C@@H]2O[C@](CCl)(COP(=O)(O)OP(=O)(O)OP(=O)(O)O)[C@@H](O)[C@H]2F)cc1F. The van der Waals surface area contributed by atoms with Gasteiger partial charge in [0.15, 0.2) is 12.4 Å². The highest BCUT2D eigenvalue weighted by Gasteiger charge is 2.57. The van der Waals surface area contributed by atoms with Crippen molar-refractivity contribution in [2.45, 2.75) is 24.1 Å². The number of nitrogens with zero attached hydrogens (tertiary/aromatic N) is 1. The fourth-order valence-electron chi connectivity index (χ4n) is 2.44. The molecule has 0 aromatic carbocycles. The summed E-state index contributed by atoms with van der Waals surface area (Å²) in [5, 5.41) is 10.1. The van der Waals surface area contributed by atoms with Crippen LogP contribution in [0.1, 0.15) is 6.23 Å². The number of ether oxygens (including phenoxy) is 1. The van der Waals surface area contributed by atoms with Crippen molar-refractivity contribution in [3.05, 3.63) is 32.9 Å². The third-order valence-corrected chi connectivity index (χ3v) is 8.02. The molecule has 0 bridgehead atoms. The predicted octanol–water partition coefficient (Wildman–Crippen LogP) is -0.776. The van der Waals surface area contributed by atoms with Crippen LogP contribution >= 0.6 is 35.1 Å². The van der Waals surface area contributed by atoms with Crippen LogP contribution in [0.4, 0.5) is 8.78 Å². The smallest absolute Gasteiger partial charge is 0.387 e. The normalized spacial score (nSPS) is 30.1. The molecule has 1 fully saturated rings. The molecule has 0 spiro atoms. The molecule has 32 heavy (non-hydrogen) atoms. The Bertz CT molecular complexity index is 1120. The Labute approximate surface area is 179 Å². The zero-order chi connectivity index (χ0) is 24.7. The number of phosphoric acid groups is 3. The number of halogens is 3. The second kappa shape index (κ2) is 9.43. The molecule has 1 aliphatic heterocycles. The van der Waals surface area contributed by atoms with E-state index < -0.39 is 77.1 Å². The fourth-order valence-corrected chi connectivity index (χ4v) is 5.82. The Morgan fingerprint density at radius 1 is 1.19 bits per heavy atom. The van der Waals surface area contributed by atoms with Gasteiger partial charge >= 0.3 is 29.2 Å². The van der Waals surface area contributed by atoms with Gasteiger partial charge in [0.1, 0.15) is 11.7 Å². The van der Waals surface area contributed by atoms with Crippen molar-refractivity contribution in [3.8, 4) is 0 Å². The fraction of sp³-hybridized carbons (Fsp3) is 0.600. The molecule has 1 aromatic rings. The first-order valence-corrected chi connectivity index (χ1v) is 12.8. The summed E-state index contributed by atoms with van der Waals surface area (Å²) in [7, 11) is -17.2. The molecule has 2 heterocycles. The van der Waals surface area contributed by atoms with Crippen LogP contribution in [0.25, 0.3) is 0 Å². The van der Waals surface area contributed by atoms with Crippen LogP contribution in [-0.2, 0) is 31.6 Å². The molecule has 0 aliphatic carbocycles. The van der Waals surface area contributed by atoms with Crippen LogP contribution in [0.2, 0.25) is 0 Å². The number of aromatic nitrogens is 2. The monoisotopic (exact) mass is 552 g/mol. The molecule has 6 N–H and O–H groups in total. The molecule has 0 radical (unpaired) electrons. The van der Waals surface area contributed by atoms with Gasteiger partial charge in [-0.25, -0.2) is 22.9 Å². The average Bonchev–Trinajstić information content (AvgIpc) is 2.85. The summed E-state index contributed by atoms with van der Waals surface area (Å²) in [5.74, 6) is -2.42. The maximum absolute atomic E-state index is 14.6. The quantitative estimate of drug-likeness (QED) is 0.163. The van der Waals surface area contributed by atoms with E-state index in [9.17, 15) is 42.1 Å². The van der Waals surface area contributed by atoms with Crippen LogP contribution in [0.15, 0.2) is 15.8 Å². The zero-order valence-corrected chi connectivity index (χ0v) is 18.5. The number of hydrogen-bond donors (Lipinski definition) is 6. The highest BCUT2D eigenvalue weighted by Crippen LogP contribution is 2.66. The van der Waals surface area contributed by atoms with E-state index in [1.807, 2.05) is 0 Å². The van der Waals surface area contributed by atoms with Gasteiger partial charge in [0, 0.05) is 0 Å². The molecule has 0 saturated carbocycles. The molecule has 2 unspecified atom stereocenters. The number of H-pyrrole nitrogens is 1. The minimum atomic E-state index is -5.86. The highest BCUT2D eigenvalue weighted by atomic mass is 35.5. The maximum Gasteiger partial charge on any atom is 0.490 e. The largest absolute Gasteiger partial charge is 0.490 e. The first-order chi connectivity index (χ1) is 14.4. The minimum absolute atomic E-state index is 0.212. The third-order valence-electron chi connectivity index (χ3n) is 3.78. The lowest BCUT2D eigenvalue weighted by atomic mass is 9.99. The van der Waals surface area contributed by atoms with Crippen molar-refractivity contribution in [2.75, 3.05) is 12.5 Å². The van der Waals surface area contributed by atoms with Crippen LogP contribution < -0.4 is 11.2 Å². The second-order valence-corrected chi connectivity index (χ2v) is 10.8. The number of aromatic amines is 1. The Kier molecular flexibility index (Phi) is 8.07. The van der Waals surface area contributed by atoms with E-state index >= 15 is 0 Å². The second-order valence-electron chi connectivity index (χ2n) is 6.10. The topological polar surface area (TPSA) is 244 Å².